The molecule has 3 heterocycles. The van der Waals surface area contributed by atoms with Crippen LogP contribution < -0.4 is 5.32 Å². The minimum atomic E-state index is -3.78. The molecule has 0 aliphatic carbocycles. The van der Waals surface area contributed by atoms with Gasteiger partial charge < -0.3 is 14.8 Å². The van der Waals surface area contributed by atoms with Crippen LogP contribution in [0.4, 0.5) is 0 Å². The molecule has 2 fully saturated rings. The maximum absolute atomic E-state index is 13.1. The number of sulfonamides is 1. The van der Waals surface area contributed by atoms with Gasteiger partial charge in [-0.05, 0) is 32.1 Å². The Bertz CT molecular complexity index is 830. The predicted octanol–water partition coefficient (Wildman–Crippen LogP) is 1.12. The van der Waals surface area contributed by atoms with E-state index in [9.17, 15) is 18.0 Å². The fourth-order valence-electron chi connectivity index (χ4n) is 4.16. The molecule has 2 saturated heterocycles. The lowest BCUT2D eigenvalue weighted by atomic mass is 9.97. The zero-order valence-corrected chi connectivity index (χ0v) is 18.6. The van der Waals surface area contributed by atoms with Gasteiger partial charge >= 0.3 is 0 Å². The molecule has 1 aromatic heterocycles. The maximum Gasteiger partial charge on any atom is 0.262 e. The van der Waals surface area contributed by atoms with Crippen LogP contribution >= 0.6 is 0 Å². The molecular formula is C20H33N5O4S. The molecule has 0 aromatic carbocycles. The normalized spacial score (nSPS) is 23.3. The van der Waals surface area contributed by atoms with E-state index in [1.54, 1.807) is 11.6 Å². The number of rotatable bonds is 3. The van der Waals surface area contributed by atoms with Crippen LogP contribution in [0.25, 0.3) is 0 Å². The summed E-state index contributed by atoms with van der Waals surface area (Å²) in [7, 11) is -2.07. The highest BCUT2D eigenvalue weighted by Crippen LogP contribution is 2.21. The van der Waals surface area contributed by atoms with Gasteiger partial charge in [0.2, 0.25) is 11.8 Å². The molecule has 10 heteroatoms. The van der Waals surface area contributed by atoms with Crippen molar-refractivity contribution in [2.75, 3.05) is 32.7 Å². The summed E-state index contributed by atoms with van der Waals surface area (Å²) in [4.78, 5) is 31.3. The molecule has 0 spiro atoms. The summed E-state index contributed by atoms with van der Waals surface area (Å²) >= 11 is 0. The summed E-state index contributed by atoms with van der Waals surface area (Å²) in [6, 6.07) is 0. The first-order valence-electron chi connectivity index (χ1n) is 10.9. The Kier molecular flexibility index (Phi) is 7.87. The number of carbonyl (C=O) groups is 2. The number of aromatic nitrogens is 2. The van der Waals surface area contributed by atoms with Gasteiger partial charge in [0.15, 0.2) is 5.03 Å². The van der Waals surface area contributed by atoms with E-state index in [1.165, 1.54) is 16.8 Å². The van der Waals surface area contributed by atoms with Gasteiger partial charge in [0.1, 0.15) is 0 Å². The molecule has 0 saturated carbocycles. The van der Waals surface area contributed by atoms with E-state index in [0.717, 1.165) is 38.8 Å². The second-order valence-corrected chi connectivity index (χ2v) is 10.1. The fraction of sp³-hybridized carbons (Fsp3) is 0.750. The van der Waals surface area contributed by atoms with Gasteiger partial charge in [-0.2, -0.15) is 4.31 Å². The minimum Gasteiger partial charge on any atom is -0.356 e. The number of nitrogens with zero attached hydrogens (tertiary/aromatic N) is 4. The molecule has 1 N–H and O–H groups in total. The van der Waals surface area contributed by atoms with Crippen molar-refractivity contribution >= 4 is 21.8 Å². The summed E-state index contributed by atoms with van der Waals surface area (Å²) < 4.78 is 28.9. The van der Waals surface area contributed by atoms with Crippen LogP contribution in [0.3, 0.4) is 0 Å². The lowest BCUT2D eigenvalue weighted by Gasteiger charge is -2.26. The number of carbonyl (C=O) groups excluding carboxylic acids is 2. The molecule has 2 amide bonds. The molecule has 2 aliphatic rings. The van der Waals surface area contributed by atoms with Crippen LogP contribution in [-0.4, -0.2) is 71.7 Å². The molecule has 0 bridgehead atoms. The Morgan fingerprint density at radius 3 is 2.47 bits per heavy atom. The lowest BCUT2D eigenvalue weighted by molar-refractivity contribution is -0.136. The Morgan fingerprint density at radius 2 is 1.80 bits per heavy atom. The van der Waals surface area contributed by atoms with Crippen molar-refractivity contribution in [3.63, 3.8) is 0 Å². The molecular weight excluding hydrogens is 406 g/mol. The van der Waals surface area contributed by atoms with Gasteiger partial charge in [0.25, 0.3) is 10.0 Å². The third-order valence-electron chi connectivity index (χ3n) is 5.92. The largest absolute Gasteiger partial charge is 0.356 e. The first-order valence-corrected chi connectivity index (χ1v) is 12.4. The number of imidazole rings is 1. The highest BCUT2D eigenvalue weighted by molar-refractivity contribution is 7.89. The van der Waals surface area contributed by atoms with Crippen molar-refractivity contribution in [2.24, 2.45) is 13.0 Å². The summed E-state index contributed by atoms with van der Waals surface area (Å²) in [5.74, 6) is -0.246. The van der Waals surface area contributed by atoms with Gasteiger partial charge in [0.05, 0.1) is 6.33 Å². The van der Waals surface area contributed by atoms with E-state index in [0.29, 0.717) is 25.8 Å². The van der Waals surface area contributed by atoms with Gasteiger partial charge in [-0.25, -0.2) is 13.4 Å². The van der Waals surface area contributed by atoms with Crippen molar-refractivity contribution < 1.29 is 18.0 Å². The third kappa shape index (κ3) is 5.81. The van der Waals surface area contributed by atoms with Crippen LogP contribution in [0, 0.1) is 5.92 Å². The fourth-order valence-corrected chi connectivity index (χ4v) is 5.61. The maximum atomic E-state index is 13.1. The van der Waals surface area contributed by atoms with Gasteiger partial charge in [-0.15, -0.1) is 0 Å². The predicted molar refractivity (Wildman–Crippen MR) is 112 cm³/mol. The van der Waals surface area contributed by atoms with Crippen molar-refractivity contribution in [3.05, 3.63) is 12.5 Å². The monoisotopic (exact) mass is 439 g/mol. The Hall–Kier alpha value is -1.94. The van der Waals surface area contributed by atoms with E-state index in [4.69, 9.17) is 0 Å². The Labute approximate surface area is 178 Å². The standard InChI is InChI=1S/C20H33N5O4S/c1-23-15-19(22-16-23)30(28,29)25-13-6-7-17(8-10-21-18(26)9-14-25)20(27)24-11-4-2-3-5-12-24/h15-17H,2-14H2,1H3,(H,21,26). The molecule has 168 valence electrons. The van der Waals surface area contributed by atoms with Crippen molar-refractivity contribution in [1.29, 1.82) is 0 Å². The van der Waals surface area contributed by atoms with Crippen LogP contribution in [0.2, 0.25) is 0 Å². The number of nitrogens with one attached hydrogen (secondary N) is 1. The molecule has 3 rings (SSSR count). The average molecular weight is 440 g/mol. The number of aryl methyl sites for hydroxylation is 1. The summed E-state index contributed by atoms with van der Waals surface area (Å²) in [5.41, 5.74) is 0. The molecule has 1 atom stereocenters. The summed E-state index contributed by atoms with van der Waals surface area (Å²) in [6.45, 7) is 2.41. The number of hydrogen-bond acceptors (Lipinski definition) is 5. The smallest absolute Gasteiger partial charge is 0.262 e. The van der Waals surface area contributed by atoms with Crippen molar-refractivity contribution in [1.82, 2.24) is 24.1 Å². The molecule has 30 heavy (non-hydrogen) atoms. The third-order valence-corrected chi connectivity index (χ3v) is 7.70. The van der Waals surface area contributed by atoms with E-state index >= 15 is 0 Å². The highest BCUT2D eigenvalue weighted by Gasteiger charge is 2.30. The summed E-state index contributed by atoms with van der Waals surface area (Å²) in [6.07, 6.45) is 9.16. The quantitative estimate of drug-likeness (QED) is 0.760. The summed E-state index contributed by atoms with van der Waals surface area (Å²) in [5, 5.41) is 2.83. The second kappa shape index (κ2) is 10.4. The van der Waals surface area contributed by atoms with Crippen molar-refractivity contribution in [3.8, 4) is 0 Å². The van der Waals surface area contributed by atoms with Crippen LogP contribution in [-0.2, 0) is 26.7 Å². The Balaban J connectivity index is 1.71. The zero-order valence-electron chi connectivity index (χ0n) is 17.8. The number of hydrogen-bond donors (Lipinski definition) is 1. The molecule has 1 unspecified atom stereocenters. The van der Waals surface area contributed by atoms with Gasteiger partial charge in [-0.3, -0.25) is 9.59 Å². The van der Waals surface area contributed by atoms with E-state index < -0.39 is 10.0 Å². The van der Waals surface area contributed by atoms with Crippen LogP contribution in [0.5, 0.6) is 0 Å². The van der Waals surface area contributed by atoms with Gasteiger partial charge in [-0.1, -0.05) is 12.8 Å². The first kappa shape index (κ1) is 22.7. The minimum absolute atomic E-state index is 0.0162. The molecule has 1 aromatic rings. The molecule has 2 aliphatic heterocycles. The molecule has 0 radical (unpaired) electrons. The van der Waals surface area contributed by atoms with Crippen LogP contribution in [0.15, 0.2) is 17.6 Å². The second-order valence-electron chi connectivity index (χ2n) is 8.25. The SMILES string of the molecule is Cn1cnc(S(=O)(=O)N2CCCC(C(=O)N3CCCCCC3)CCNC(=O)CC2)c1. The zero-order chi connectivity index (χ0) is 21.6. The highest BCUT2D eigenvalue weighted by atomic mass is 32.2. The number of likely N-dealkylation sites (tertiary alicyclic amines) is 1. The lowest BCUT2D eigenvalue weighted by Crippen LogP contribution is -2.38. The Morgan fingerprint density at radius 1 is 1.07 bits per heavy atom. The average Bonchev–Trinajstić information content (AvgIpc) is 2.98. The topological polar surface area (TPSA) is 105 Å². The van der Waals surface area contributed by atoms with E-state index in [1.807, 2.05) is 4.90 Å². The number of amides is 2. The van der Waals surface area contributed by atoms with Crippen LogP contribution in [0.1, 0.15) is 51.4 Å². The van der Waals surface area contributed by atoms with E-state index in [-0.39, 0.29) is 42.3 Å². The molecule has 9 nitrogen and oxygen atoms in total. The van der Waals surface area contributed by atoms with Crippen molar-refractivity contribution in [2.45, 2.75) is 56.4 Å². The first-order chi connectivity index (χ1) is 14.4. The van der Waals surface area contributed by atoms with Gasteiger partial charge in [0, 0.05) is 58.3 Å². The van der Waals surface area contributed by atoms with E-state index in [2.05, 4.69) is 10.3 Å².